The summed E-state index contributed by atoms with van der Waals surface area (Å²) in [7, 11) is 1.68. The molecule has 1 unspecified atom stereocenters. The van der Waals surface area contributed by atoms with Crippen molar-refractivity contribution in [1.82, 2.24) is 9.78 Å². The normalized spacial score (nSPS) is 31.8. The molecule has 0 spiro atoms. The van der Waals surface area contributed by atoms with E-state index < -0.39 is 35.1 Å². The van der Waals surface area contributed by atoms with E-state index in [1.165, 1.54) is 4.68 Å². The molecule has 1 aliphatic heterocycles. The van der Waals surface area contributed by atoms with Crippen LogP contribution in [0.4, 0.5) is 0 Å². The van der Waals surface area contributed by atoms with Crippen molar-refractivity contribution in [1.29, 1.82) is 0 Å². The lowest BCUT2D eigenvalue weighted by atomic mass is 9.71. The number of carbonyl (C=O) groups is 1. The average Bonchev–Trinajstić information content (AvgIpc) is 3.27. The van der Waals surface area contributed by atoms with Gasteiger partial charge in [-0.25, -0.2) is 0 Å². The Bertz CT molecular complexity index is 1130. The Hall–Kier alpha value is -2.68. The van der Waals surface area contributed by atoms with Gasteiger partial charge in [-0.3, -0.25) is 9.48 Å². The predicted octanol–water partition coefficient (Wildman–Crippen LogP) is 2.52. The van der Waals surface area contributed by atoms with Gasteiger partial charge in [0.05, 0.1) is 12.1 Å². The molecule has 2 aliphatic rings. The summed E-state index contributed by atoms with van der Waals surface area (Å²) in [5, 5.41) is 37.8. The minimum Gasteiger partial charge on any atom is -0.481 e. The first-order valence-electron chi connectivity index (χ1n) is 9.48. The van der Waals surface area contributed by atoms with Crippen molar-refractivity contribution in [2.75, 3.05) is 0 Å². The number of carboxylic acid groups (broad SMARTS) is 1. The Morgan fingerprint density at radius 2 is 1.83 bits per heavy atom. The number of benzene rings is 2. The molecule has 3 N–H and O–H groups in total. The van der Waals surface area contributed by atoms with Crippen molar-refractivity contribution in [2.45, 2.75) is 23.2 Å². The van der Waals surface area contributed by atoms with E-state index >= 15 is 0 Å². The first kappa shape index (κ1) is 19.3. The van der Waals surface area contributed by atoms with E-state index in [2.05, 4.69) is 21.0 Å². The predicted molar refractivity (Wildman–Crippen MR) is 110 cm³/mol. The maximum absolute atomic E-state index is 12.4. The number of ether oxygens (including phenoxy) is 1. The van der Waals surface area contributed by atoms with E-state index in [1.807, 2.05) is 6.07 Å². The van der Waals surface area contributed by atoms with E-state index in [0.29, 0.717) is 16.9 Å². The van der Waals surface area contributed by atoms with Gasteiger partial charge >= 0.3 is 5.97 Å². The minimum atomic E-state index is -2.05. The molecule has 1 fully saturated rings. The highest BCUT2D eigenvalue weighted by Crippen LogP contribution is 2.68. The van der Waals surface area contributed by atoms with Gasteiger partial charge in [-0.1, -0.05) is 58.4 Å². The first-order valence-corrected chi connectivity index (χ1v) is 10.3. The van der Waals surface area contributed by atoms with Gasteiger partial charge in [0.15, 0.2) is 17.0 Å². The standard InChI is InChI=1S/C22H19BrN2O5/c1-25-11-15-18(24-25)21(29)19(26)16(20(27)28)17(12-5-3-2-4-6-12)22(21,30-15)13-7-9-14(23)10-8-13/h2-11,16-17,19,26,29H,1H3,(H,27,28)/t16-,17-,19+,21?,22+/m1/s1. The molecular weight excluding hydrogens is 452 g/mol. The molecule has 5 atom stereocenters. The van der Waals surface area contributed by atoms with Crippen LogP contribution in [0.3, 0.4) is 0 Å². The zero-order valence-corrected chi connectivity index (χ0v) is 17.5. The van der Waals surface area contributed by atoms with Crippen LogP contribution in [0.15, 0.2) is 65.3 Å². The van der Waals surface area contributed by atoms with Crippen molar-refractivity contribution in [3.05, 3.63) is 82.1 Å². The lowest BCUT2D eigenvalue weighted by Crippen LogP contribution is -2.52. The number of aliphatic hydroxyl groups excluding tert-OH is 1. The van der Waals surface area contributed by atoms with Crippen LogP contribution in [0.25, 0.3) is 0 Å². The summed E-state index contributed by atoms with van der Waals surface area (Å²) in [4.78, 5) is 12.4. The van der Waals surface area contributed by atoms with Gasteiger partial charge in [-0.2, -0.15) is 5.10 Å². The number of aliphatic carboxylic acids is 1. The summed E-state index contributed by atoms with van der Waals surface area (Å²) >= 11 is 3.41. The third kappa shape index (κ3) is 2.26. The van der Waals surface area contributed by atoms with Crippen molar-refractivity contribution in [3.8, 4) is 5.75 Å². The molecule has 0 bridgehead atoms. The molecule has 1 aromatic heterocycles. The van der Waals surface area contributed by atoms with Crippen LogP contribution in [0.2, 0.25) is 0 Å². The second-order valence-electron chi connectivity index (χ2n) is 7.82. The zero-order chi connectivity index (χ0) is 21.3. The Morgan fingerprint density at radius 1 is 1.17 bits per heavy atom. The third-order valence-electron chi connectivity index (χ3n) is 6.28. The second kappa shape index (κ2) is 6.41. The van der Waals surface area contributed by atoms with Crippen molar-refractivity contribution in [3.63, 3.8) is 0 Å². The van der Waals surface area contributed by atoms with Gasteiger partial charge in [0.2, 0.25) is 0 Å². The molecule has 1 saturated carbocycles. The molecule has 30 heavy (non-hydrogen) atoms. The molecule has 0 radical (unpaired) electrons. The van der Waals surface area contributed by atoms with Gasteiger partial charge < -0.3 is 20.1 Å². The molecule has 154 valence electrons. The minimum absolute atomic E-state index is 0.144. The molecule has 8 heteroatoms. The number of aromatic nitrogens is 2. The molecule has 2 aromatic carbocycles. The number of nitrogens with zero attached hydrogens (tertiary/aromatic N) is 2. The fourth-order valence-electron chi connectivity index (χ4n) is 5.12. The number of hydrogen-bond donors (Lipinski definition) is 3. The van der Waals surface area contributed by atoms with E-state index in [0.717, 1.165) is 4.47 Å². The second-order valence-corrected chi connectivity index (χ2v) is 8.74. The van der Waals surface area contributed by atoms with Crippen LogP contribution >= 0.6 is 15.9 Å². The number of aryl methyl sites for hydroxylation is 1. The molecule has 7 nitrogen and oxygen atoms in total. The quantitative estimate of drug-likeness (QED) is 0.543. The maximum atomic E-state index is 12.4. The summed E-state index contributed by atoms with van der Waals surface area (Å²) in [5.74, 6) is -3.06. The molecule has 0 amide bonds. The lowest BCUT2D eigenvalue weighted by Gasteiger charge is -2.40. The Balaban J connectivity index is 1.86. The lowest BCUT2D eigenvalue weighted by molar-refractivity contribution is -0.161. The molecule has 5 rings (SSSR count). The van der Waals surface area contributed by atoms with Gasteiger partial charge in [-0.05, 0) is 23.3 Å². The van der Waals surface area contributed by atoms with Crippen molar-refractivity contribution >= 4 is 21.9 Å². The highest BCUT2D eigenvalue weighted by molar-refractivity contribution is 9.10. The van der Waals surface area contributed by atoms with E-state index in [-0.39, 0.29) is 5.69 Å². The average molecular weight is 471 g/mol. The molecule has 0 saturated heterocycles. The zero-order valence-electron chi connectivity index (χ0n) is 15.9. The van der Waals surface area contributed by atoms with Crippen LogP contribution in [0.5, 0.6) is 5.75 Å². The SMILES string of the molecule is Cn1cc2c(n1)C1(O)[C@@H](O)[C@H](C(=O)O)[C@@H](c3ccccc3)[C@]1(c1ccc(Br)cc1)O2. The Kier molecular flexibility index (Phi) is 4.12. The fraction of sp³-hybridized carbons (Fsp3) is 0.273. The Morgan fingerprint density at radius 3 is 2.47 bits per heavy atom. The number of aliphatic hydroxyl groups is 2. The molecule has 3 aromatic rings. The monoisotopic (exact) mass is 470 g/mol. The van der Waals surface area contributed by atoms with Crippen LogP contribution in [-0.2, 0) is 23.0 Å². The molecule has 2 heterocycles. The van der Waals surface area contributed by atoms with Crippen molar-refractivity contribution < 1.29 is 24.9 Å². The number of hydrogen-bond acceptors (Lipinski definition) is 5. The van der Waals surface area contributed by atoms with Gasteiger partial charge in [0, 0.05) is 17.4 Å². The molecule has 1 aliphatic carbocycles. The number of rotatable bonds is 3. The highest BCUT2D eigenvalue weighted by Gasteiger charge is 2.78. The molecular formula is C22H19BrN2O5. The van der Waals surface area contributed by atoms with Gasteiger partial charge in [-0.15, -0.1) is 0 Å². The van der Waals surface area contributed by atoms with Crippen molar-refractivity contribution in [2.24, 2.45) is 13.0 Å². The topological polar surface area (TPSA) is 105 Å². The van der Waals surface area contributed by atoms with E-state index in [9.17, 15) is 20.1 Å². The van der Waals surface area contributed by atoms with Gasteiger partial charge in [0.1, 0.15) is 11.8 Å². The number of halogens is 1. The fourth-order valence-corrected chi connectivity index (χ4v) is 5.39. The summed E-state index contributed by atoms with van der Waals surface area (Å²) in [6.45, 7) is 0. The first-order chi connectivity index (χ1) is 14.3. The van der Waals surface area contributed by atoms with E-state index in [4.69, 9.17) is 4.74 Å². The summed E-state index contributed by atoms with van der Waals surface area (Å²) in [6, 6.07) is 16.1. The van der Waals surface area contributed by atoms with E-state index in [1.54, 1.807) is 61.8 Å². The van der Waals surface area contributed by atoms with Crippen LogP contribution < -0.4 is 4.74 Å². The van der Waals surface area contributed by atoms with Crippen LogP contribution in [-0.4, -0.2) is 37.2 Å². The maximum Gasteiger partial charge on any atom is 0.310 e. The Labute approximate surface area is 180 Å². The van der Waals surface area contributed by atoms with Gasteiger partial charge in [0.25, 0.3) is 0 Å². The third-order valence-corrected chi connectivity index (χ3v) is 6.80. The summed E-state index contributed by atoms with van der Waals surface area (Å²) < 4.78 is 8.72. The highest BCUT2D eigenvalue weighted by atomic mass is 79.9. The number of fused-ring (bicyclic) bond motifs is 3. The smallest absolute Gasteiger partial charge is 0.310 e. The summed E-state index contributed by atoms with van der Waals surface area (Å²) in [6.07, 6.45) is -0.0171. The largest absolute Gasteiger partial charge is 0.481 e. The van der Waals surface area contributed by atoms with Crippen LogP contribution in [0.1, 0.15) is 22.7 Å². The number of carboxylic acids is 1. The summed E-state index contributed by atoms with van der Waals surface area (Å²) in [5.41, 5.74) is -2.27. The van der Waals surface area contributed by atoms with Crippen LogP contribution in [0, 0.1) is 5.92 Å².